The first-order valence-corrected chi connectivity index (χ1v) is 9.40. The zero-order valence-corrected chi connectivity index (χ0v) is 15.5. The quantitative estimate of drug-likeness (QED) is 0.705. The number of H-pyrrole nitrogens is 1. The van der Waals surface area contributed by atoms with Gasteiger partial charge in [-0.05, 0) is 49.4 Å². The number of nitrogens with zero attached hydrogens (tertiary/aromatic N) is 4. The highest BCUT2D eigenvalue weighted by atomic mass is 35.5. The number of aromatic amines is 1. The van der Waals surface area contributed by atoms with Gasteiger partial charge in [0.15, 0.2) is 5.82 Å². The van der Waals surface area contributed by atoms with Gasteiger partial charge in [-0.25, -0.2) is 9.97 Å². The number of amides is 1. The number of aryl methyl sites for hydroxylation is 1. The van der Waals surface area contributed by atoms with E-state index in [0.29, 0.717) is 17.5 Å². The molecule has 2 fully saturated rings. The Bertz CT molecular complexity index is 1000. The molecule has 1 saturated heterocycles. The van der Waals surface area contributed by atoms with Gasteiger partial charge in [0, 0.05) is 36.1 Å². The molecular formula is C20H18ClN5O. The van der Waals surface area contributed by atoms with Crippen LogP contribution < -0.4 is 4.90 Å². The number of halogens is 1. The summed E-state index contributed by atoms with van der Waals surface area (Å²) < 4.78 is 0. The number of rotatable bonds is 4. The third kappa shape index (κ3) is 2.80. The third-order valence-electron chi connectivity index (χ3n) is 5.49. The van der Waals surface area contributed by atoms with Crippen molar-refractivity contribution in [1.82, 2.24) is 19.9 Å². The van der Waals surface area contributed by atoms with Crippen molar-refractivity contribution in [3.63, 3.8) is 0 Å². The van der Waals surface area contributed by atoms with Gasteiger partial charge < -0.3 is 4.98 Å². The van der Waals surface area contributed by atoms with Crippen LogP contribution in [0.4, 0.5) is 5.82 Å². The Hall–Kier alpha value is -2.73. The number of piperidine rings is 1. The summed E-state index contributed by atoms with van der Waals surface area (Å²) in [7, 11) is 0. The van der Waals surface area contributed by atoms with Crippen LogP contribution in [-0.2, 0) is 11.2 Å². The lowest BCUT2D eigenvalue weighted by Gasteiger charge is -2.19. The van der Waals surface area contributed by atoms with Gasteiger partial charge in [0.25, 0.3) is 0 Å². The monoisotopic (exact) mass is 379 g/mol. The highest BCUT2D eigenvalue weighted by Gasteiger charge is 2.59. The lowest BCUT2D eigenvalue weighted by atomic mass is 9.96. The van der Waals surface area contributed by atoms with Crippen LogP contribution in [0.15, 0.2) is 42.9 Å². The van der Waals surface area contributed by atoms with Crippen molar-refractivity contribution in [3.05, 3.63) is 59.3 Å². The molecular weight excluding hydrogens is 362 g/mol. The van der Waals surface area contributed by atoms with E-state index in [2.05, 4.69) is 15.0 Å². The van der Waals surface area contributed by atoms with E-state index in [4.69, 9.17) is 16.6 Å². The van der Waals surface area contributed by atoms with Crippen molar-refractivity contribution in [1.29, 1.82) is 0 Å². The van der Waals surface area contributed by atoms with E-state index in [9.17, 15) is 4.79 Å². The Kier molecular flexibility index (Phi) is 3.75. The molecule has 5 rings (SSSR count). The van der Waals surface area contributed by atoms with E-state index in [-0.39, 0.29) is 17.9 Å². The van der Waals surface area contributed by atoms with Gasteiger partial charge in [0.05, 0.1) is 5.69 Å². The van der Waals surface area contributed by atoms with Crippen LogP contribution in [0, 0.1) is 18.8 Å². The Morgan fingerprint density at radius 1 is 1.26 bits per heavy atom. The number of hydrogen-bond donors (Lipinski definition) is 1. The SMILES string of the molecule is Cc1[nH]c(-c2ccncc2)nc1N1C(=O)C(Cc2ccc(Cl)nc2)C2CC21. The number of carbonyl (C=O) groups excluding carboxylic acids is 1. The summed E-state index contributed by atoms with van der Waals surface area (Å²) in [5, 5.41) is 0.471. The van der Waals surface area contributed by atoms with Gasteiger partial charge >= 0.3 is 0 Å². The number of aromatic nitrogens is 4. The summed E-state index contributed by atoms with van der Waals surface area (Å²) in [5.41, 5.74) is 2.92. The Labute approximate surface area is 161 Å². The second-order valence-corrected chi connectivity index (χ2v) is 7.63. The summed E-state index contributed by atoms with van der Waals surface area (Å²) in [6, 6.07) is 7.80. The molecule has 0 radical (unpaired) electrons. The third-order valence-corrected chi connectivity index (χ3v) is 5.72. The van der Waals surface area contributed by atoms with Gasteiger partial charge in [0.1, 0.15) is 11.0 Å². The molecule has 3 aromatic heterocycles. The molecule has 3 unspecified atom stereocenters. The van der Waals surface area contributed by atoms with E-state index >= 15 is 0 Å². The van der Waals surface area contributed by atoms with Crippen LogP contribution in [-0.4, -0.2) is 31.9 Å². The van der Waals surface area contributed by atoms with Gasteiger partial charge in [-0.1, -0.05) is 17.7 Å². The second-order valence-electron chi connectivity index (χ2n) is 7.24. The van der Waals surface area contributed by atoms with Crippen LogP contribution in [0.5, 0.6) is 0 Å². The number of anilines is 1. The molecule has 1 amide bonds. The van der Waals surface area contributed by atoms with E-state index in [1.807, 2.05) is 30.0 Å². The van der Waals surface area contributed by atoms with Crippen molar-refractivity contribution in [2.75, 3.05) is 4.90 Å². The smallest absolute Gasteiger partial charge is 0.232 e. The van der Waals surface area contributed by atoms with E-state index in [1.165, 1.54) is 0 Å². The highest BCUT2D eigenvalue weighted by molar-refractivity contribution is 6.29. The zero-order valence-electron chi connectivity index (χ0n) is 14.8. The zero-order chi connectivity index (χ0) is 18.5. The molecule has 4 heterocycles. The van der Waals surface area contributed by atoms with E-state index in [0.717, 1.165) is 34.9 Å². The molecule has 1 saturated carbocycles. The summed E-state index contributed by atoms with van der Waals surface area (Å²) >= 11 is 5.87. The molecule has 136 valence electrons. The maximum absolute atomic E-state index is 13.1. The molecule has 0 aromatic carbocycles. The van der Waals surface area contributed by atoms with Crippen LogP contribution in [0.3, 0.4) is 0 Å². The number of fused-ring (bicyclic) bond motifs is 1. The maximum Gasteiger partial charge on any atom is 0.232 e. The standard InChI is InChI=1S/C20H18ClN5O/c1-11-19(25-18(24-11)13-4-6-22-7-5-13)26-16-9-14(16)15(20(26)27)8-12-2-3-17(21)23-10-12/h2-7,10,14-16H,8-9H2,1H3,(H,24,25). The first-order valence-electron chi connectivity index (χ1n) is 9.02. The Morgan fingerprint density at radius 2 is 2.07 bits per heavy atom. The van der Waals surface area contributed by atoms with Crippen LogP contribution in [0.2, 0.25) is 5.15 Å². The first-order chi connectivity index (χ1) is 13.1. The Morgan fingerprint density at radius 3 is 2.81 bits per heavy atom. The molecule has 1 N–H and O–H groups in total. The number of hydrogen-bond acceptors (Lipinski definition) is 4. The van der Waals surface area contributed by atoms with Crippen molar-refractivity contribution < 1.29 is 4.79 Å². The minimum atomic E-state index is -0.0153. The minimum Gasteiger partial charge on any atom is -0.340 e. The second kappa shape index (κ2) is 6.16. The molecule has 2 aliphatic rings. The van der Waals surface area contributed by atoms with Gasteiger partial charge in [-0.2, -0.15) is 0 Å². The van der Waals surface area contributed by atoms with Crippen LogP contribution in [0.1, 0.15) is 17.7 Å². The van der Waals surface area contributed by atoms with Gasteiger partial charge in [-0.15, -0.1) is 0 Å². The van der Waals surface area contributed by atoms with Crippen molar-refractivity contribution in [2.24, 2.45) is 11.8 Å². The highest BCUT2D eigenvalue weighted by Crippen LogP contribution is 2.52. The topological polar surface area (TPSA) is 74.8 Å². The van der Waals surface area contributed by atoms with E-state index < -0.39 is 0 Å². The lowest BCUT2D eigenvalue weighted by Crippen LogP contribution is -2.33. The average molecular weight is 380 g/mol. The predicted molar refractivity (Wildman–Crippen MR) is 102 cm³/mol. The van der Waals surface area contributed by atoms with Crippen molar-refractivity contribution in [3.8, 4) is 11.4 Å². The number of imidazole rings is 1. The predicted octanol–water partition coefficient (Wildman–Crippen LogP) is 3.42. The van der Waals surface area contributed by atoms with Gasteiger partial charge in [-0.3, -0.25) is 14.7 Å². The largest absolute Gasteiger partial charge is 0.340 e. The first kappa shape index (κ1) is 16.4. The van der Waals surface area contributed by atoms with Crippen molar-refractivity contribution in [2.45, 2.75) is 25.8 Å². The number of carbonyl (C=O) groups is 1. The summed E-state index contributed by atoms with van der Waals surface area (Å²) in [4.78, 5) is 31.3. The molecule has 3 atom stereocenters. The number of nitrogens with one attached hydrogen (secondary N) is 1. The number of pyridine rings is 2. The molecule has 27 heavy (non-hydrogen) atoms. The fraction of sp³-hybridized carbons (Fsp3) is 0.300. The molecule has 7 heteroatoms. The van der Waals surface area contributed by atoms with E-state index in [1.54, 1.807) is 24.7 Å². The average Bonchev–Trinajstić information content (AvgIpc) is 3.29. The van der Waals surface area contributed by atoms with Crippen molar-refractivity contribution >= 4 is 23.3 Å². The summed E-state index contributed by atoms with van der Waals surface area (Å²) in [6.07, 6.45) is 6.97. The minimum absolute atomic E-state index is 0.0153. The summed E-state index contributed by atoms with van der Waals surface area (Å²) in [5.74, 6) is 2.05. The molecule has 3 aromatic rings. The van der Waals surface area contributed by atoms with Crippen LogP contribution >= 0.6 is 11.6 Å². The molecule has 0 bridgehead atoms. The molecule has 1 aliphatic carbocycles. The fourth-order valence-electron chi connectivity index (χ4n) is 4.07. The fourth-order valence-corrected chi connectivity index (χ4v) is 4.18. The maximum atomic E-state index is 13.1. The molecule has 0 spiro atoms. The molecule has 6 nitrogen and oxygen atoms in total. The molecule has 1 aliphatic heterocycles. The van der Waals surface area contributed by atoms with Gasteiger partial charge in [0.2, 0.25) is 5.91 Å². The lowest BCUT2D eigenvalue weighted by molar-refractivity contribution is -0.121. The normalized spacial score (nSPS) is 23.6. The summed E-state index contributed by atoms with van der Waals surface area (Å²) in [6.45, 7) is 1.97. The Balaban J connectivity index is 1.41. The van der Waals surface area contributed by atoms with Crippen LogP contribution in [0.25, 0.3) is 11.4 Å².